The van der Waals surface area contributed by atoms with Gasteiger partial charge in [0.2, 0.25) is 5.91 Å². The Morgan fingerprint density at radius 1 is 1.37 bits per heavy atom. The minimum atomic E-state index is -0.375. The zero-order chi connectivity index (χ0) is 21.3. The van der Waals surface area contributed by atoms with Crippen molar-refractivity contribution in [3.05, 3.63) is 54.1 Å². The van der Waals surface area contributed by atoms with E-state index in [1.165, 1.54) is 6.07 Å². The van der Waals surface area contributed by atoms with E-state index in [4.69, 9.17) is 4.74 Å². The van der Waals surface area contributed by atoms with Crippen LogP contribution < -0.4 is 20.7 Å². The molecule has 1 amide bonds. The fourth-order valence-electron chi connectivity index (χ4n) is 2.79. The first-order valence-corrected chi connectivity index (χ1v) is 10.2. The van der Waals surface area contributed by atoms with Crippen LogP contribution in [0.4, 0.5) is 10.1 Å². The number of amides is 1. The summed E-state index contributed by atoms with van der Waals surface area (Å²) in [5.74, 6) is 0.695. The highest BCUT2D eigenvalue weighted by atomic mass is 19.1. The van der Waals surface area contributed by atoms with Crippen molar-refractivity contribution in [2.24, 2.45) is 10.9 Å². The van der Waals surface area contributed by atoms with Gasteiger partial charge in [-0.05, 0) is 62.4 Å². The number of hydrogen-bond donors (Lipinski definition) is 3. The van der Waals surface area contributed by atoms with Gasteiger partial charge >= 0.3 is 0 Å². The van der Waals surface area contributed by atoms with Gasteiger partial charge in [-0.2, -0.15) is 0 Å². The van der Waals surface area contributed by atoms with Crippen molar-refractivity contribution in [1.82, 2.24) is 15.6 Å². The highest BCUT2D eigenvalue weighted by Gasteiger charge is 2.22. The standard InChI is InChI=1S/C22H28FN5O2/c1-3-25-22(26-13-21(29)28-18-5-4-10-24-12-18)27-15(2)17-8-9-20(19(23)11-17)30-14-16-6-7-16/h4-5,8-12,15-16H,3,6-7,13-14H2,1-2H3,(H,28,29)(H2,25,26,27). The van der Waals surface area contributed by atoms with E-state index in [1.54, 1.807) is 30.6 Å². The summed E-state index contributed by atoms with van der Waals surface area (Å²) in [5, 5.41) is 9.03. The van der Waals surface area contributed by atoms with Crippen LogP contribution in [0.2, 0.25) is 0 Å². The molecule has 1 aromatic carbocycles. The summed E-state index contributed by atoms with van der Waals surface area (Å²) in [4.78, 5) is 20.4. The quantitative estimate of drug-likeness (QED) is 0.434. The number of carbonyl (C=O) groups excluding carboxylic acids is 1. The SMILES string of the molecule is CCNC(=NCC(=O)Nc1cccnc1)NC(C)c1ccc(OCC2CC2)c(F)c1. The maximum Gasteiger partial charge on any atom is 0.246 e. The number of nitrogens with zero attached hydrogens (tertiary/aromatic N) is 2. The number of rotatable bonds is 9. The molecule has 0 radical (unpaired) electrons. The molecule has 0 bridgehead atoms. The van der Waals surface area contributed by atoms with Crippen LogP contribution in [0.1, 0.15) is 38.3 Å². The molecule has 1 saturated carbocycles. The van der Waals surface area contributed by atoms with Gasteiger partial charge in [0.25, 0.3) is 0 Å². The van der Waals surface area contributed by atoms with Crippen molar-refractivity contribution >= 4 is 17.6 Å². The molecule has 7 nitrogen and oxygen atoms in total. The van der Waals surface area contributed by atoms with E-state index >= 15 is 0 Å². The second-order valence-corrected chi connectivity index (χ2v) is 7.30. The molecule has 3 N–H and O–H groups in total. The molecule has 1 heterocycles. The molecule has 0 spiro atoms. The van der Waals surface area contributed by atoms with Gasteiger partial charge in [-0.1, -0.05) is 6.07 Å². The van der Waals surface area contributed by atoms with Crippen LogP contribution in [-0.4, -0.2) is 36.5 Å². The number of halogens is 1. The van der Waals surface area contributed by atoms with Crippen LogP contribution in [0.15, 0.2) is 47.7 Å². The first kappa shape index (κ1) is 21.5. The third-order valence-corrected chi connectivity index (χ3v) is 4.65. The second-order valence-electron chi connectivity index (χ2n) is 7.30. The summed E-state index contributed by atoms with van der Waals surface area (Å²) in [7, 11) is 0. The van der Waals surface area contributed by atoms with Crippen molar-refractivity contribution in [1.29, 1.82) is 0 Å². The second kappa shape index (κ2) is 10.6. The average Bonchev–Trinajstić information content (AvgIpc) is 3.56. The third-order valence-electron chi connectivity index (χ3n) is 4.65. The third kappa shape index (κ3) is 6.72. The fourth-order valence-corrected chi connectivity index (χ4v) is 2.79. The molecule has 1 unspecified atom stereocenters. The zero-order valence-electron chi connectivity index (χ0n) is 17.3. The number of ether oxygens (including phenoxy) is 1. The lowest BCUT2D eigenvalue weighted by molar-refractivity contribution is -0.114. The van der Waals surface area contributed by atoms with Crippen LogP contribution in [-0.2, 0) is 4.79 Å². The molecular weight excluding hydrogens is 385 g/mol. The van der Waals surface area contributed by atoms with E-state index in [-0.39, 0.29) is 30.1 Å². The molecule has 0 saturated heterocycles. The van der Waals surface area contributed by atoms with Gasteiger partial charge in [-0.3, -0.25) is 9.78 Å². The fraction of sp³-hybridized carbons (Fsp3) is 0.409. The Morgan fingerprint density at radius 3 is 2.87 bits per heavy atom. The van der Waals surface area contributed by atoms with Crippen molar-refractivity contribution in [3.8, 4) is 5.75 Å². The van der Waals surface area contributed by atoms with E-state index in [0.29, 0.717) is 30.7 Å². The maximum absolute atomic E-state index is 14.4. The molecule has 0 aliphatic heterocycles. The number of hydrogen-bond acceptors (Lipinski definition) is 4. The Labute approximate surface area is 176 Å². The van der Waals surface area contributed by atoms with Crippen LogP contribution in [0, 0.1) is 11.7 Å². The summed E-state index contributed by atoms with van der Waals surface area (Å²) >= 11 is 0. The minimum Gasteiger partial charge on any atom is -0.490 e. The summed E-state index contributed by atoms with van der Waals surface area (Å²) in [5.41, 5.74) is 1.38. The van der Waals surface area contributed by atoms with Crippen LogP contribution in [0.5, 0.6) is 5.75 Å². The molecule has 2 aromatic rings. The zero-order valence-corrected chi connectivity index (χ0v) is 17.3. The number of pyridine rings is 1. The van der Waals surface area contributed by atoms with Crippen LogP contribution in [0.3, 0.4) is 0 Å². The maximum atomic E-state index is 14.4. The number of nitrogens with one attached hydrogen (secondary N) is 3. The first-order valence-electron chi connectivity index (χ1n) is 10.2. The molecule has 1 aliphatic carbocycles. The summed E-state index contributed by atoms with van der Waals surface area (Å²) < 4.78 is 19.9. The summed E-state index contributed by atoms with van der Waals surface area (Å²) in [6.07, 6.45) is 5.53. The Balaban J connectivity index is 1.57. The number of benzene rings is 1. The predicted octanol–water partition coefficient (Wildman–Crippen LogP) is 3.26. The highest BCUT2D eigenvalue weighted by Crippen LogP contribution is 2.30. The van der Waals surface area contributed by atoms with Gasteiger partial charge in [0.15, 0.2) is 17.5 Å². The Kier molecular flexibility index (Phi) is 7.59. The normalized spacial score (nSPS) is 14.7. The summed E-state index contributed by atoms with van der Waals surface area (Å²) in [6.45, 7) is 4.98. The van der Waals surface area contributed by atoms with Crippen molar-refractivity contribution in [2.45, 2.75) is 32.7 Å². The molecule has 160 valence electrons. The Bertz CT molecular complexity index is 871. The van der Waals surface area contributed by atoms with E-state index in [2.05, 4.69) is 25.9 Å². The van der Waals surface area contributed by atoms with Crippen molar-refractivity contribution in [2.75, 3.05) is 25.0 Å². The predicted molar refractivity (Wildman–Crippen MR) is 115 cm³/mol. The topological polar surface area (TPSA) is 87.6 Å². The number of anilines is 1. The summed E-state index contributed by atoms with van der Waals surface area (Å²) in [6, 6.07) is 8.26. The lowest BCUT2D eigenvalue weighted by Gasteiger charge is -2.19. The van der Waals surface area contributed by atoms with Gasteiger partial charge < -0.3 is 20.7 Å². The Hall–Kier alpha value is -3.16. The van der Waals surface area contributed by atoms with Gasteiger partial charge in [0, 0.05) is 12.7 Å². The van der Waals surface area contributed by atoms with E-state index < -0.39 is 0 Å². The van der Waals surface area contributed by atoms with E-state index in [0.717, 1.165) is 18.4 Å². The smallest absolute Gasteiger partial charge is 0.246 e. The van der Waals surface area contributed by atoms with E-state index in [9.17, 15) is 9.18 Å². The molecule has 1 aliphatic rings. The lowest BCUT2D eigenvalue weighted by atomic mass is 10.1. The van der Waals surface area contributed by atoms with Crippen LogP contribution in [0.25, 0.3) is 0 Å². The molecule has 1 fully saturated rings. The molecular formula is C22H28FN5O2. The number of carbonyl (C=O) groups is 1. The molecule has 3 rings (SSSR count). The first-order chi connectivity index (χ1) is 14.5. The van der Waals surface area contributed by atoms with Gasteiger partial charge in [0.05, 0.1) is 24.5 Å². The highest BCUT2D eigenvalue weighted by molar-refractivity contribution is 5.93. The number of guanidine groups is 1. The molecule has 1 atom stereocenters. The Morgan fingerprint density at radius 2 is 2.20 bits per heavy atom. The van der Waals surface area contributed by atoms with Crippen molar-refractivity contribution in [3.63, 3.8) is 0 Å². The average molecular weight is 413 g/mol. The van der Waals surface area contributed by atoms with Gasteiger partial charge in [-0.15, -0.1) is 0 Å². The molecule has 8 heteroatoms. The van der Waals surface area contributed by atoms with E-state index in [1.807, 2.05) is 19.9 Å². The molecule has 1 aromatic heterocycles. The number of aliphatic imine (C=N–C) groups is 1. The lowest BCUT2D eigenvalue weighted by Crippen LogP contribution is -2.39. The van der Waals surface area contributed by atoms with Crippen molar-refractivity contribution < 1.29 is 13.9 Å². The minimum absolute atomic E-state index is 0.0563. The number of aromatic nitrogens is 1. The van der Waals surface area contributed by atoms with Gasteiger partial charge in [-0.25, -0.2) is 9.38 Å². The van der Waals surface area contributed by atoms with Crippen LogP contribution >= 0.6 is 0 Å². The monoisotopic (exact) mass is 413 g/mol. The molecule has 30 heavy (non-hydrogen) atoms. The van der Waals surface area contributed by atoms with Gasteiger partial charge in [0.1, 0.15) is 6.54 Å². The largest absolute Gasteiger partial charge is 0.490 e.